The lowest BCUT2D eigenvalue weighted by Gasteiger charge is -2.25. The summed E-state index contributed by atoms with van der Waals surface area (Å²) in [7, 11) is 1.58. The van der Waals surface area contributed by atoms with Gasteiger partial charge in [-0.1, -0.05) is 30.3 Å². The third-order valence-corrected chi connectivity index (χ3v) is 5.44. The molecule has 0 saturated heterocycles. The lowest BCUT2D eigenvalue weighted by Crippen LogP contribution is -2.50. The Morgan fingerprint density at radius 3 is 2.40 bits per heavy atom. The summed E-state index contributed by atoms with van der Waals surface area (Å²) in [5.41, 5.74) is 7.14. The number of hydrazine groups is 1. The van der Waals surface area contributed by atoms with E-state index in [-0.39, 0.29) is 12.2 Å². The minimum absolute atomic E-state index is 0.0295. The molecule has 1 aromatic heterocycles. The Labute approximate surface area is 201 Å². The molecular formula is C26H22N4O5. The molecule has 0 radical (unpaired) electrons. The SMILES string of the molecule is COc1ccc(-c2nn(-c3ccccc3)cc2C(=O)NNC(=O)C2COc3ccccc3O2)cc1. The van der Waals surface area contributed by atoms with Crippen molar-refractivity contribution in [2.75, 3.05) is 13.7 Å². The highest BCUT2D eigenvalue weighted by Crippen LogP contribution is 2.31. The van der Waals surface area contributed by atoms with E-state index in [1.165, 1.54) is 0 Å². The zero-order valence-corrected chi connectivity index (χ0v) is 18.8. The van der Waals surface area contributed by atoms with Gasteiger partial charge in [0.2, 0.25) is 6.10 Å². The Morgan fingerprint density at radius 1 is 0.943 bits per heavy atom. The van der Waals surface area contributed by atoms with Crippen LogP contribution < -0.4 is 25.1 Å². The second-order valence-corrected chi connectivity index (χ2v) is 7.71. The van der Waals surface area contributed by atoms with Crippen LogP contribution in [0.4, 0.5) is 0 Å². The summed E-state index contributed by atoms with van der Waals surface area (Å²) in [5.74, 6) is 0.665. The molecule has 0 fully saturated rings. The van der Waals surface area contributed by atoms with Crippen molar-refractivity contribution >= 4 is 11.8 Å². The molecule has 0 saturated carbocycles. The molecule has 35 heavy (non-hydrogen) atoms. The van der Waals surface area contributed by atoms with Crippen LogP contribution in [0.3, 0.4) is 0 Å². The molecule has 176 valence electrons. The second kappa shape index (κ2) is 9.60. The van der Waals surface area contributed by atoms with E-state index in [4.69, 9.17) is 14.2 Å². The van der Waals surface area contributed by atoms with Crippen molar-refractivity contribution < 1.29 is 23.8 Å². The van der Waals surface area contributed by atoms with Gasteiger partial charge in [-0.3, -0.25) is 20.4 Å². The first kappa shape index (κ1) is 22.0. The van der Waals surface area contributed by atoms with Crippen molar-refractivity contribution in [3.05, 3.63) is 90.6 Å². The van der Waals surface area contributed by atoms with Gasteiger partial charge in [0, 0.05) is 11.8 Å². The minimum atomic E-state index is -0.904. The van der Waals surface area contributed by atoms with Crippen LogP contribution in [0.5, 0.6) is 17.2 Å². The summed E-state index contributed by atoms with van der Waals surface area (Å²) in [6, 6.07) is 23.7. The largest absolute Gasteiger partial charge is 0.497 e. The van der Waals surface area contributed by atoms with Crippen molar-refractivity contribution in [1.29, 1.82) is 0 Å². The molecule has 0 aliphatic carbocycles. The Balaban J connectivity index is 1.35. The number of rotatable bonds is 5. The summed E-state index contributed by atoms with van der Waals surface area (Å²) >= 11 is 0. The smallest absolute Gasteiger partial charge is 0.283 e. The summed E-state index contributed by atoms with van der Waals surface area (Å²) < 4.78 is 18.1. The van der Waals surface area contributed by atoms with E-state index >= 15 is 0 Å². The quantitative estimate of drug-likeness (QED) is 0.435. The first-order valence-corrected chi connectivity index (χ1v) is 10.9. The van der Waals surface area contributed by atoms with Gasteiger partial charge in [0.15, 0.2) is 11.5 Å². The normalized spacial score (nSPS) is 14.1. The number of fused-ring (bicyclic) bond motifs is 1. The fourth-order valence-corrected chi connectivity index (χ4v) is 3.63. The Morgan fingerprint density at radius 2 is 1.66 bits per heavy atom. The van der Waals surface area contributed by atoms with Gasteiger partial charge in [0.05, 0.1) is 18.4 Å². The maximum atomic E-state index is 13.1. The molecule has 9 nitrogen and oxygen atoms in total. The van der Waals surface area contributed by atoms with Gasteiger partial charge in [-0.05, 0) is 48.5 Å². The van der Waals surface area contributed by atoms with Crippen LogP contribution in [0.25, 0.3) is 16.9 Å². The fraction of sp³-hybridized carbons (Fsp3) is 0.115. The summed E-state index contributed by atoms with van der Waals surface area (Å²) in [6.45, 7) is 0.0295. The molecule has 9 heteroatoms. The summed E-state index contributed by atoms with van der Waals surface area (Å²) in [6.07, 6.45) is 0.714. The third kappa shape index (κ3) is 4.65. The Kier molecular flexibility index (Phi) is 6.04. The van der Waals surface area contributed by atoms with Crippen LogP contribution >= 0.6 is 0 Å². The van der Waals surface area contributed by atoms with E-state index in [9.17, 15) is 9.59 Å². The van der Waals surface area contributed by atoms with Gasteiger partial charge in [-0.2, -0.15) is 5.10 Å². The molecule has 3 aromatic carbocycles. The second-order valence-electron chi connectivity index (χ2n) is 7.71. The highest BCUT2D eigenvalue weighted by molar-refractivity contribution is 6.01. The monoisotopic (exact) mass is 470 g/mol. The topological polar surface area (TPSA) is 104 Å². The molecule has 0 bridgehead atoms. The number of hydrogen-bond donors (Lipinski definition) is 2. The number of aromatic nitrogens is 2. The lowest BCUT2D eigenvalue weighted by molar-refractivity contribution is -0.131. The number of carbonyl (C=O) groups excluding carboxylic acids is 2. The van der Waals surface area contributed by atoms with Gasteiger partial charge in [0.25, 0.3) is 11.8 Å². The van der Waals surface area contributed by atoms with Crippen molar-refractivity contribution in [1.82, 2.24) is 20.6 Å². The molecule has 2 N–H and O–H groups in total. The number of nitrogens with zero attached hydrogens (tertiary/aromatic N) is 2. The van der Waals surface area contributed by atoms with E-state index in [1.807, 2.05) is 48.5 Å². The number of amides is 2. The van der Waals surface area contributed by atoms with Gasteiger partial charge in [-0.25, -0.2) is 4.68 Å². The molecule has 1 aliphatic rings. The number of nitrogens with one attached hydrogen (secondary N) is 2. The maximum Gasteiger partial charge on any atom is 0.283 e. The summed E-state index contributed by atoms with van der Waals surface area (Å²) in [5, 5.41) is 4.63. The summed E-state index contributed by atoms with van der Waals surface area (Å²) in [4.78, 5) is 25.7. The van der Waals surface area contributed by atoms with Crippen LogP contribution in [-0.4, -0.2) is 41.4 Å². The molecule has 4 aromatic rings. The van der Waals surface area contributed by atoms with E-state index in [0.29, 0.717) is 22.9 Å². The highest BCUT2D eigenvalue weighted by atomic mass is 16.6. The maximum absolute atomic E-state index is 13.1. The zero-order valence-electron chi connectivity index (χ0n) is 18.8. The standard InChI is InChI=1S/C26H22N4O5/c1-33-19-13-11-17(12-14-19)24-20(15-30(29-24)18-7-3-2-4-8-18)25(31)27-28-26(32)23-16-34-21-9-5-6-10-22(21)35-23/h2-15,23H,16H2,1H3,(H,27,31)(H,28,32). The van der Waals surface area contributed by atoms with Crippen LogP contribution in [-0.2, 0) is 4.79 Å². The van der Waals surface area contributed by atoms with Crippen LogP contribution in [0.1, 0.15) is 10.4 Å². The molecule has 2 heterocycles. The van der Waals surface area contributed by atoms with Crippen molar-refractivity contribution in [3.8, 4) is 34.2 Å². The predicted octanol–water partition coefficient (Wildman–Crippen LogP) is 3.15. The fourth-order valence-electron chi connectivity index (χ4n) is 3.63. The molecule has 1 atom stereocenters. The van der Waals surface area contributed by atoms with Crippen molar-refractivity contribution in [3.63, 3.8) is 0 Å². The average Bonchev–Trinajstić information content (AvgIpc) is 3.37. The molecule has 2 amide bonds. The molecular weight excluding hydrogens is 448 g/mol. The van der Waals surface area contributed by atoms with Crippen LogP contribution in [0, 0.1) is 0 Å². The van der Waals surface area contributed by atoms with Gasteiger partial charge in [-0.15, -0.1) is 0 Å². The van der Waals surface area contributed by atoms with Gasteiger partial charge >= 0.3 is 0 Å². The molecule has 1 unspecified atom stereocenters. The Bertz CT molecular complexity index is 1350. The first-order valence-electron chi connectivity index (χ1n) is 10.9. The molecule has 5 rings (SSSR count). The van der Waals surface area contributed by atoms with Crippen molar-refractivity contribution in [2.45, 2.75) is 6.10 Å². The van der Waals surface area contributed by atoms with E-state index in [2.05, 4.69) is 16.0 Å². The number of methoxy groups -OCH3 is 1. The molecule has 1 aliphatic heterocycles. The number of carbonyl (C=O) groups is 2. The third-order valence-electron chi connectivity index (χ3n) is 5.44. The van der Waals surface area contributed by atoms with Crippen molar-refractivity contribution in [2.24, 2.45) is 0 Å². The van der Waals surface area contributed by atoms with Gasteiger partial charge in [0.1, 0.15) is 18.1 Å². The minimum Gasteiger partial charge on any atom is -0.497 e. The number of hydrogen-bond acceptors (Lipinski definition) is 6. The highest BCUT2D eigenvalue weighted by Gasteiger charge is 2.28. The average molecular weight is 470 g/mol. The number of benzene rings is 3. The zero-order chi connectivity index (χ0) is 24.2. The van der Waals surface area contributed by atoms with E-state index in [0.717, 1.165) is 11.3 Å². The van der Waals surface area contributed by atoms with E-state index < -0.39 is 17.9 Å². The predicted molar refractivity (Wildman–Crippen MR) is 128 cm³/mol. The lowest BCUT2D eigenvalue weighted by atomic mass is 10.1. The van der Waals surface area contributed by atoms with Crippen LogP contribution in [0.15, 0.2) is 85.1 Å². The van der Waals surface area contributed by atoms with Gasteiger partial charge < -0.3 is 14.2 Å². The molecule has 0 spiro atoms. The van der Waals surface area contributed by atoms with E-state index in [1.54, 1.807) is 48.3 Å². The number of para-hydroxylation sites is 3. The van der Waals surface area contributed by atoms with Crippen LogP contribution in [0.2, 0.25) is 0 Å². The Hall–Kier alpha value is -4.79. The number of ether oxygens (including phenoxy) is 3. The first-order chi connectivity index (χ1) is 17.1.